The third-order valence-corrected chi connectivity index (χ3v) is 8.71. The highest BCUT2D eigenvalue weighted by atomic mass is 35.5. The van der Waals surface area contributed by atoms with Crippen molar-refractivity contribution in [2.45, 2.75) is 38.3 Å². The first-order valence-electron chi connectivity index (χ1n) is 12.7. The predicted octanol–water partition coefficient (Wildman–Crippen LogP) is 5.39. The van der Waals surface area contributed by atoms with E-state index in [1.54, 1.807) is 67.6 Å². The molecule has 0 saturated carbocycles. The van der Waals surface area contributed by atoms with Crippen molar-refractivity contribution in [3.8, 4) is 5.75 Å². The number of carbonyl (C=O) groups excluding carboxylic acids is 2. The Hall–Kier alpha value is -3.27. The van der Waals surface area contributed by atoms with Crippen LogP contribution in [0.2, 0.25) is 10.0 Å². The molecule has 214 valence electrons. The van der Waals surface area contributed by atoms with Gasteiger partial charge in [-0.05, 0) is 61.4 Å². The zero-order chi connectivity index (χ0) is 29.4. The van der Waals surface area contributed by atoms with E-state index in [-0.39, 0.29) is 29.0 Å². The second-order valence-corrected chi connectivity index (χ2v) is 12.2. The molecule has 0 aliphatic carbocycles. The van der Waals surface area contributed by atoms with Crippen LogP contribution >= 0.6 is 23.2 Å². The Labute approximate surface area is 245 Å². The van der Waals surface area contributed by atoms with Crippen molar-refractivity contribution in [1.29, 1.82) is 0 Å². The number of ether oxygens (including phenoxy) is 1. The van der Waals surface area contributed by atoms with Crippen molar-refractivity contribution in [3.63, 3.8) is 0 Å². The van der Waals surface area contributed by atoms with E-state index in [9.17, 15) is 18.0 Å². The van der Waals surface area contributed by atoms with Gasteiger partial charge in [0.25, 0.3) is 10.0 Å². The highest BCUT2D eigenvalue weighted by Gasteiger charge is 2.33. The fraction of sp³-hybridized carbons (Fsp3) is 0.310. The van der Waals surface area contributed by atoms with Gasteiger partial charge in [-0.15, -0.1) is 0 Å². The molecule has 0 aromatic heterocycles. The number of amides is 2. The lowest BCUT2D eigenvalue weighted by Gasteiger charge is -2.32. The summed E-state index contributed by atoms with van der Waals surface area (Å²) in [7, 11) is -2.67. The molecule has 0 fully saturated rings. The lowest BCUT2D eigenvalue weighted by Crippen LogP contribution is -2.51. The Kier molecular flexibility index (Phi) is 10.8. The zero-order valence-corrected chi connectivity index (χ0v) is 25.1. The summed E-state index contributed by atoms with van der Waals surface area (Å²) in [5.74, 6) is -0.275. The van der Waals surface area contributed by atoms with E-state index in [0.29, 0.717) is 27.9 Å². The van der Waals surface area contributed by atoms with Crippen LogP contribution in [0, 0.1) is 5.92 Å². The van der Waals surface area contributed by atoms with Crippen LogP contribution < -0.4 is 14.4 Å². The SMILES string of the molecule is COc1ccc(N(CC(=O)N(Cc2c(Cl)cccc2Cl)[C@H](C)C(=O)NCC(C)C)S(=O)(=O)c2ccccc2)cc1. The van der Waals surface area contributed by atoms with Crippen molar-refractivity contribution >= 4 is 50.7 Å². The first-order chi connectivity index (χ1) is 18.9. The minimum absolute atomic E-state index is 0.0158. The number of nitrogens with zero attached hydrogens (tertiary/aromatic N) is 2. The average Bonchev–Trinajstić information content (AvgIpc) is 2.94. The van der Waals surface area contributed by atoms with Crippen molar-refractivity contribution in [3.05, 3.63) is 88.4 Å². The van der Waals surface area contributed by atoms with E-state index >= 15 is 0 Å². The normalized spacial score (nSPS) is 12.1. The van der Waals surface area contributed by atoms with Gasteiger partial charge in [-0.25, -0.2) is 8.42 Å². The predicted molar refractivity (Wildman–Crippen MR) is 158 cm³/mol. The standard InChI is InChI=1S/C29H33Cl2N3O5S/c1-20(2)17-32-29(36)21(3)33(18-25-26(30)11-8-12-27(25)31)28(35)19-34(22-13-15-23(39-4)16-14-22)40(37,38)24-9-6-5-7-10-24/h5-16,20-21H,17-19H2,1-4H3,(H,32,36)/t21-/m1/s1. The second-order valence-electron chi connectivity index (χ2n) is 9.56. The van der Waals surface area contributed by atoms with Gasteiger partial charge in [0, 0.05) is 28.7 Å². The van der Waals surface area contributed by atoms with Crippen LogP contribution in [-0.2, 0) is 26.2 Å². The summed E-state index contributed by atoms with van der Waals surface area (Å²) in [6.45, 7) is 5.24. The molecule has 1 atom stereocenters. The summed E-state index contributed by atoms with van der Waals surface area (Å²) in [6, 6.07) is 18.2. The van der Waals surface area contributed by atoms with E-state index in [2.05, 4.69) is 5.32 Å². The Morgan fingerprint density at radius 3 is 2.05 bits per heavy atom. The molecule has 0 aliphatic heterocycles. The molecule has 2 amide bonds. The number of sulfonamides is 1. The summed E-state index contributed by atoms with van der Waals surface area (Å²) in [5, 5.41) is 3.49. The molecule has 0 radical (unpaired) electrons. The van der Waals surface area contributed by atoms with Crippen molar-refractivity contribution in [2.24, 2.45) is 5.92 Å². The smallest absolute Gasteiger partial charge is 0.264 e. The molecule has 3 rings (SSSR count). The highest BCUT2D eigenvalue weighted by molar-refractivity contribution is 7.92. The van der Waals surface area contributed by atoms with Gasteiger partial charge in [0.2, 0.25) is 11.8 Å². The van der Waals surface area contributed by atoms with Gasteiger partial charge in [0.05, 0.1) is 17.7 Å². The molecule has 0 spiro atoms. The molecule has 0 bridgehead atoms. The number of rotatable bonds is 12. The molecule has 0 saturated heterocycles. The van der Waals surface area contributed by atoms with Crippen molar-refractivity contribution in [2.75, 3.05) is 24.5 Å². The number of hydrogen-bond donors (Lipinski definition) is 1. The lowest BCUT2D eigenvalue weighted by atomic mass is 10.1. The molecule has 0 aliphatic rings. The van der Waals surface area contributed by atoms with Crippen LogP contribution in [-0.4, -0.2) is 51.4 Å². The van der Waals surface area contributed by atoms with E-state index in [1.165, 1.54) is 24.1 Å². The lowest BCUT2D eigenvalue weighted by molar-refractivity contribution is -0.139. The molecule has 11 heteroatoms. The number of halogens is 2. The summed E-state index contributed by atoms with van der Waals surface area (Å²) in [4.78, 5) is 28.4. The number of nitrogens with one attached hydrogen (secondary N) is 1. The molecule has 40 heavy (non-hydrogen) atoms. The number of carbonyl (C=O) groups is 2. The minimum Gasteiger partial charge on any atom is -0.497 e. The summed E-state index contributed by atoms with van der Waals surface area (Å²) in [6.07, 6.45) is 0. The van der Waals surface area contributed by atoms with Gasteiger partial charge in [0.1, 0.15) is 18.3 Å². The quantitative estimate of drug-likeness (QED) is 0.299. The summed E-state index contributed by atoms with van der Waals surface area (Å²) >= 11 is 12.8. The largest absolute Gasteiger partial charge is 0.497 e. The topological polar surface area (TPSA) is 96.0 Å². The molecule has 1 N–H and O–H groups in total. The Balaban J connectivity index is 2.04. The van der Waals surface area contributed by atoms with Crippen LogP contribution in [0.3, 0.4) is 0 Å². The molecular weight excluding hydrogens is 573 g/mol. The first-order valence-corrected chi connectivity index (χ1v) is 14.9. The van der Waals surface area contributed by atoms with E-state index in [4.69, 9.17) is 27.9 Å². The average molecular weight is 607 g/mol. The summed E-state index contributed by atoms with van der Waals surface area (Å²) in [5.41, 5.74) is 0.704. The van der Waals surface area contributed by atoms with Crippen molar-refractivity contribution < 1.29 is 22.7 Å². The maximum atomic E-state index is 14.0. The Bertz CT molecular complexity index is 1400. The van der Waals surface area contributed by atoms with E-state index in [1.807, 2.05) is 13.8 Å². The van der Waals surface area contributed by atoms with Gasteiger partial charge >= 0.3 is 0 Å². The zero-order valence-electron chi connectivity index (χ0n) is 22.8. The van der Waals surface area contributed by atoms with Crippen molar-refractivity contribution in [1.82, 2.24) is 10.2 Å². The van der Waals surface area contributed by atoms with Gasteiger partial charge in [-0.2, -0.15) is 0 Å². The van der Waals surface area contributed by atoms with E-state index in [0.717, 1.165) is 4.31 Å². The molecule has 3 aromatic carbocycles. The molecule has 0 unspecified atom stereocenters. The maximum Gasteiger partial charge on any atom is 0.264 e. The van der Waals surface area contributed by atoms with Gasteiger partial charge < -0.3 is 15.0 Å². The Morgan fingerprint density at radius 1 is 0.900 bits per heavy atom. The Morgan fingerprint density at radius 2 is 1.50 bits per heavy atom. The van der Waals surface area contributed by atoms with Crippen LogP contribution in [0.15, 0.2) is 77.7 Å². The monoisotopic (exact) mass is 605 g/mol. The van der Waals surface area contributed by atoms with Gasteiger partial charge in [0.15, 0.2) is 0 Å². The van der Waals surface area contributed by atoms with Crippen LogP contribution in [0.1, 0.15) is 26.3 Å². The van der Waals surface area contributed by atoms with Gasteiger partial charge in [-0.3, -0.25) is 13.9 Å². The highest BCUT2D eigenvalue weighted by Crippen LogP contribution is 2.29. The number of anilines is 1. The molecular formula is C29H33Cl2N3O5S. The van der Waals surface area contributed by atoms with E-state index < -0.39 is 28.5 Å². The van der Waals surface area contributed by atoms with Crippen LogP contribution in [0.4, 0.5) is 5.69 Å². The maximum absolute atomic E-state index is 14.0. The molecule has 8 nitrogen and oxygen atoms in total. The first kappa shape index (κ1) is 31.3. The second kappa shape index (κ2) is 13.9. The fourth-order valence-corrected chi connectivity index (χ4v) is 5.84. The van der Waals surface area contributed by atoms with Crippen LogP contribution in [0.25, 0.3) is 0 Å². The number of benzene rings is 3. The summed E-state index contributed by atoms with van der Waals surface area (Å²) < 4.78 is 33.8. The molecule has 3 aromatic rings. The minimum atomic E-state index is -4.17. The van der Waals surface area contributed by atoms with Gasteiger partial charge in [-0.1, -0.05) is 61.3 Å². The number of methoxy groups -OCH3 is 1. The fourth-order valence-electron chi connectivity index (χ4n) is 3.89. The third-order valence-electron chi connectivity index (χ3n) is 6.21. The van der Waals surface area contributed by atoms with Crippen LogP contribution in [0.5, 0.6) is 5.75 Å². The third kappa shape index (κ3) is 7.68. The number of hydrogen-bond acceptors (Lipinski definition) is 5. The molecule has 0 heterocycles.